The molecule has 27 heavy (non-hydrogen) atoms. The molecule has 7 atom stereocenters. The predicted molar refractivity (Wildman–Crippen MR) is 98.9 cm³/mol. The van der Waals surface area contributed by atoms with Crippen molar-refractivity contribution in [2.24, 2.45) is 11.8 Å². The Morgan fingerprint density at radius 1 is 1.48 bits per heavy atom. The first-order chi connectivity index (χ1) is 12.7. The van der Waals surface area contributed by atoms with Crippen LogP contribution in [0.15, 0.2) is 23.8 Å². The Morgan fingerprint density at radius 2 is 2.19 bits per heavy atom. The molecule has 2 aliphatic heterocycles. The van der Waals surface area contributed by atoms with Crippen LogP contribution in [-0.2, 0) is 28.5 Å². The van der Waals surface area contributed by atoms with Gasteiger partial charge in [-0.3, -0.25) is 4.79 Å². The number of carbonyl (C=O) groups is 2. The lowest BCUT2D eigenvalue weighted by molar-refractivity contribution is -0.157. The molecule has 0 aromatic rings. The van der Waals surface area contributed by atoms with Gasteiger partial charge in [0.2, 0.25) is 0 Å². The van der Waals surface area contributed by atoms with Crippen LogP contribution in [0.2, 0.25) is 0 Å². The second-order valence-corrected chi connectivity index (χ2v) is 8.20. The van der Waals surface area contributed by atoms with E-state index < -0.39 is 29.7 Å². The smallest absolute Gasteiger partial charge is 0.334 e. The SMILES string of the molecule is C=C1C(=O)O[C@@H]2/C=C(/C)[C@@H](OC)C[C@H]3O[C@]3(C)C[C@@H](OC(=O)[C@H](C)CC)[C@@H]12. The zero-order chi connectivity index (χ0) is 19.9. The van der Waals surface area contributed by atoms with Crippen LogP contribution in [-0.4, -0.2) is 49.1 Å². The highest BCUT2D eigenvalue weighted by molar-refractivity contribution is 5.91. The molecule has 6 nitrogen and oxygen atoms in total. The molecule has 0 spiro atoms. The summed E-state index contributed by atoms with van der Waals surface area (Å²) in [5, 5.41) is 0. The molecule has 0 bridgehead atoms. The van der Waals surface area contributed by atoms with E-state index in [0.29, 0.717) is 24.8 Å². The molecule has 0 aromatic heterocycles. The van der Waals surface area contributed by atoms with E-state index in [9.17, 15) is 9.59 Å². The first-order valence-electron chi connectivity index (χ1n) is 9.69. The quantitative estimate of drug-likeness (QED) is 0.324. The second-order valence-electron chi connectivity index (χ2n) is 8.20. The number of methoxy groups -OCH3 is 1. The monoisotopic (exact) mass is 378 g/mol. The van der Waals surface area contributed by atoms with Crippen LogP contribution >= 0.6 is 0 Å². The zero-order valence-electron chi connectivity index (χ0n) is 16.8. The van der Waals surface area contributed by atoms with Crippen molar-refractivity contribution in [2.45, 2.75) is 77.0 Å². The number of ether oxygens (including phenoxy) is 4. The average molecular weight is 378 g/mol. The van der Waals surface area contributed by atoms with Crippen molar-refractivity contribution in [1.29, 1.82) is 0 Å². The predicted octanol–water partition coefficient (Wildman–Crippen LogP) is 2.95. The second kappa shape index (κ2) is 7.40. The summed E-state index contributed by atoms with van der Waals surface area (Å²) in [4.78, 5) is 24.7. The van der Waals surface area contributed by atoms with Crippen molar-refractivity contribution in [3.05, 3.63) is 23.8 Å². The fourth-order valence-electron chi connectivity index (χ4n) is 4.05. The Kier molecular flexibility index (Phi) is 5.50. The van der Waals surface area contributed by atoms with Crippen LogP contribution in [0.3, 0.4) is 0 Å². The van der Waals surface area contributed by atoms with Crippen molar-refractivity contribution >= 4 is 11.9 Å². The summed E-state index contributed by atoms with van der Waals surface area (Å²) < 4.78 is 23.0. The molecule has 1 aliphatic carbocycles. The van der Waals surface area contributed by atoms with Gasteiger partial charge in [-0.25, -0.2) is 4.79 Å². The average Bonchev–Trinajstić information content (AvgIpc) is 3.16. The van der Waals surface area contributed by atoms with Gasteiger partial charge in [0.15, 0.2) is 0 Å². The molecule has 0 radical (unpaired) electrons. The molecule has 3 rings (SSSR count). The summed E-state index contributed by atoms with van der Waals surface area (Å²) >= 11 is 0. The maximum atomic E-state index is 12.5. The highest BCUT2D eigenvalue weighted by Gasteiger charge is 2.57. The van der Waals surface area contributed by atoms with E-state index in [-0.39, 0.29) is 24.1 Å². The molecule has 0 N–H and O–H groups in total. The largest absolute Gasteiger partial charge is 0.461 e. The summed E-state index contributed by atoms with van der Waals surface area (Å²) in [6, 6.07) is 0. The summed E-state index contributed by atoms with van der Waals surface area (Å²) in [5.74, 6) is -1.33. The summed E-state index contributed by atoms with van der Waals surface area (Å²) in [6.45, 7) is 11.7. The number of epoxide rings is 1. The number of rotatable bonds is 4. The number of carbonyl (C=O) groups excluding carboxylic acids is 2. The minimum atomic E-state index is -0.520. The van der Waals surface area contributed by atoms with Crippen LogP contribution < -0.4 is 0 Å². The minimum Gasteiger partial charge on any atom is -0.461 e. The third-order valence-electron chi connectivity index (χ3n) is 6.23. The summed E-state index contributed by atoms with van der Waals surface area (Å²) in [6.07, 6.45) is 2.70. The molecule has 0 saturated carbocycles. The fraction of sp³-hybridized carbons (Fsp3) is 0.714. The molecule has 6 heteroatoms. The van der Waals surface area contributed by atoms with Crippen molar-refractivity contribution in [3.63, 3.8) is 0 Å². The lowest BCUT2D eigenvalue weighted by Crippen LogP contribution is -2.38. The van der Waals surface area contributed by atoms with Gasteiger partial charge in [-0.2, -0.15) is 0 Å². The Bertz CT molecular complexity index is 668. The highest BCUT2D eigenvalue weighted by atomic mass is 16.6. The Balaban J connectivity index is 1.96. The van der Waals surface area contributed by atoms with Crippen molar-refractivity contribution in [2.75, 3.05) is 7.11 Å². The third kappa shape index (κ3) is 3.83. The van der Waals surface area contributed by atoms with Crippen LogP contribution in [0, 0.1) is 11.8 Å². The first kappa shape index (κ1) is 20.1. The molecule has 150 valence electrons. The fourth-order valence-corrected chi connectivity index (χ4v) is 4.05. The number of esters is 2. The molecular weight excluding hydrogens is 348 g/mol. The van der Waals surface area contributed by atoms with Crippen LogP contribution in [0.25, 0.3) is 0 Å². The Morgan fingerprint density at radius 3 is 2.81 bits per heavy atom. The maximum absolute atomic E-state index is 12.5. The topological polar surface area (TPSA) is 74.4 Å². The number of hydrogen-bond donors (Lipinski definition) is 0. The third-order valence-corrected chi connectivity index (χ3v) is 6.23. The van der Waals surface area contributed by atoms with Crippen molar-refractivity contribution < 1.29 is 28.5 Å². The first-order valence-corrected chi connectivity index (χ1v) is 9.69. The lowest BCUT2D eigenvalue weighted by Gasteiger charge is -2.30. The van der Waals surface area contributed by atoms with Gasteiger partial charge in [0.05, 0.1) is 29.6 Å². The van der Waals surface area contributed by atoms with Gasteiger partial charge in [-0.1, -0.05) is 20.4 Å². The Labute approximate surface area is 160 Å². The van der Waals surface area contributed by atoms with Gasteiger partial charge in [-0.15, -0.1) is 0 Å². The molecule has 2 heterocycles. The van der Waals surface area contributed by atoms with Gasteiger partial charge in [0.25, 0.3) is 0 Å². The molecule has 3 aliphatic rings. The van der Waals surface area contributed by atoms with Crippen molar-refractivity contribution in [3.8, 4) is 0 Å². The zero-order valence-corrected chi connectivity index (χ0v) is 16.8. The van der Waals surface area contributed by atoms with E-state index in [1.54, 1.807) is 7.11 Å². The van der Waals surface area contributed by atoms with E-state index >= 15 is 0 Å². The van der Waals surface area contributed by atoms with Crippen molar-refractivity contribution in [1.82, 2.24) is 0 Å². The molecule has 0 amide bonds. The summed E-state index contributed by atoms with van der Waals surface area (Å²) in [7, 11) is 1.67. The Hall–Kier alpha value is -1.66. The molecular formula is C21H30O6. The molecule has 2 saturated heterocycles. The highest BCUT2D eigenvalue weighted by Crippen LogP contribution is 2.48. The van der Waals surface area contributed by atoms with E-state index in [4.69, 9.17) is 18.9 Å². The van der Waals surface area contributed by atoms with Gasteiger partial charge >= 0.3 is 11.9 Å². The molecule has 0 aromatic carbocycles. The van der Waals surface area contributed by atoms with Crippen LogP contribution in [0.5, 0.6) is 0 Å². The minimum absolute atomic E-state index is 0.0263. The van der Waals surface area contributed by atoms with Crippen LogP contribution in [0.1, 0.15) is 47.0 Å². The van der Waals surface area contributed by atoms with Gasteiger partial charge in [0, 0.05) is 25.5 Å². The maximum Gasteiger partial charge on any atom is 0.334 e. The normalized spacial score (nSPS) is 41.5. The van der Waals surface area contributed by atoms with E-state index in [1.165, 1.54) is 0 Å². The van der Waals surface area contributed by atoms with Gasteiger partial charge in [0.1, 0.15) is 12.2 Å². The van der Waals surface area contributed by atoms with E-state index in [0.717, 1.165) is 5.57 Å². The summed E-state index contributed by atoms with van der Waals surface area (Å²) in [5.41, 5.74) is 0.911. The molecule has 2 fully saturated rings. The van der Waals surface area contributed by atoms with Crippen LogP contribution in [0.4, 0.5) is 0 Å². The van der Waals surface area contributed by atoms with Gasteiger partial charge < -0.3 is 18.9 Å². The molecule has 0 unspecified atom stereocenters. The van der Waals surface area contributed by atoms with E-state index in [2.05, 4.69) is 6.58 Å². The standard InChI is InChI=1S/C21H30O6/c1-7-11(2)19(22)26-16-10-21(5)17(27-21)9-14(24-6)12(3)8-15-18(16)13(4)20(23)25-15/h8,11,14-18H,4,7,9-10H2,1-3,5-6H3/b12-8-/t11-,14+,15-,16-,17-,18+,21-/m1/s1. The van der Waals surface area contributed by atoms with Gasteiger partial charge in [-0.05, 0) is 31.9 Å². The van der Waals surface area contributed by atoms with E-state index in [1.807, 2.05) is 33.8 Å². The lowest BCUT2D eigenvalue weighted by atomic mass is 9.82. The number of hydrogen-bond acceptors (Lipinski definition) is 6. The number of fused-ring (bicyclic) bond motifs is 2.